The third-order valence-corrected chi connectivity index (χ3v) is 3.30. The normalized spacial score (nSPS) is 10.7. The number of thiophene rings is 1. The standard InChI is InChI=1S/C9H7IS/c1-6-4-7-5-8(10)2-3-9(7)11-6/h2-5H,1H3. The summed E-state index contributed by atoms with van der Waals surface area (Å²) in [5.74, 6) is 0. The smallest absolute Gasteiger partial charge is 0.0346 e. The van der Waals surface area contributed by atoms with Crippen molar-refractivity contribution >= 4 is 44.0 Å². The average molecular weight is 274 g/mol. The van der Waals surface area contributed by atoms with Crippen molar-refractivity contribution in [1.29, 1.82) is 0 Å². The topological polar surface area (TPSA) is 0 Å². The molecule has 11 heavy (non-hydrogen) atoms. The van der Waals surface area contributed by atoms with Crippen LogP contribution in [-0.4, -0.2) is 0 Å². The zero-order chi connectivity index (χ0) is 7.84. The van der Waals surface area contributed by atoms with E-state index in [9.17, 15) is 0 Å². The van der Waals surface area contributed by atoms with Gasteiger partial charge in [0.25, 0.3) is 0 Å². The number of hydrogen-bond acceptors (Lipinski definition) is 1. The van der Waals surface area contributed by atoms with Gasteiger partial charge in [-0.05, 0) is 59.2 Å². The van der Waals surface area contributed by atoms with Crippen LogP contribution in [0.3, 0.4) is 0 Å². The van der Waals surface area contributed by atoms with E-state index in [1.54, 1.807) is 0 Å². The Morgan fingerprint density at radius 3 is 2.91 bits per heavy atom. The predicted molar refractivity (Wildman–Crippen MR) is 59.3 cm³/mol. The quantitative estimate of drug-likeness (QED) is 0.641. The van der Waals surface area contributed by atoms with Gasteiger partial charge >= 0.3 is 0 Å². The highest BCUT2D eigenvalue weighted by Gasteiger charge is 1.97. The van der Waals surface area contributed by atoms with Gasteiger partial charge < -0.3 is 0 Å². The van der Waals surface area contributed by atoms with Crippen molar-refractivity contribution in [2.45, 2.75) is 6.92 Å². The zero-order valence-corrected chi connectivity index (χ0v) is 9.07. The van der Waals surface area contributed by atoms with E-state index in [0.717, 1.165) is 0 Å². The Balaban J connectivity index is 2.82. The molecule has 2 aromatic rings. The monoisotopic (exact) mass is 274 g/mol. The molecule has 0 aliphatic carbocycles. The fourth-order valence-electron chi connectivity index (χ4n) is 1.15. The van der Waals surface area contributed by atoms with Gasteiger partial charge in [-0.15, -0.1) is 11.3 Å². The number of aryl methyl sites for hydroxylation is 1. The maximum absolute atomic E-state index is 2.34. The third-order valence-electron chi connectivity index (χ3n) is 1.60. The highest BCUT2D eigenvalue weighted by molar-refractivity contribution is 14.1. The first-order valence-electron chi connectivity index (χ1n) is 3.41. The van der Waals surface area contributed by atoms with Crippen molar-refractivity contribution in [3.05, 3.63) is 32.7 Å². The molecule has 0 aliphatic heterocycles. The van der Waals surface area contributed by atoms with Crippen LogP contribution >= 0.6 is 33.9 Å². The molecule has 0 atom stereocenters. The lowest BCUT2D eigenvalue weighted by atomic mass is 10.2. The molecule has 0 unspecified atom stereocenters. The van der Waals surface area contributed by atoms with Gasteiger partial charge in [0, 0.05) is 13.1 Å². The molecule has 0 fully saturated rings. The van der Waals surface area contributed by atoms with E-state index in [4.69, 9.17) is 0 Å². The van der Waals surface area contributed by atoms with E-state index in [2.05, 4.69) is 53.8 Å². The molecule has 56 valence electrons. The summed E-state index contributed by atoms with van der Waals surface area (Å²) in [5, 5.41) is 1.37. The van der Waals surface area contributed by atoms with E-state index >= 15 is 0 Å². The summed E-state index contributed by atoms with van der Waals surface area (Å²) in [6, 6.07) is 8.80. The number of hydrogen-bond donors (Lipinski definition) is 0. The highest BCUT2D eigenvalue weighted by atomic mass is 127. The largest absolute Gasteiger partial charge is 0.141 e. The van der Waals surface area contributed by atoms with Crippen LogP contribution < -0.4 is 0 Å². The molecule has 2 heteroatoms. The average Bonchev–Trinajstić information content (AvgIpc) is 2.27. The maximum atomic E-state index is 2.34. The Hall–Kier alpha value is -0.0900. The van der Waals surface area contributed by atoms with E-state index in [1.165, 1.54) is 18.5 Å². The molecular weight excluding hydrogens is 267 g/mol. The molecule has 0 saturated carbocycles. The first-order chi connectivity index (χ1) is 5.25. The van der Waals surface area contributed by atoms with Gasteiger partial charge in [0.15, 0.2) is 0 Å². The minimum absolute atomic E-state index is 1.31. The van der Waals surface area contributed by atoms with Gasteiger partial charge in [0.1, 0.15) is 0 Å². The maximum Gasteiger partial charge on any atom is 0.0346 e. The fraction of sp³-hybridized carbons (Fsp3) is 0.111. The summed E-state index contributed by atoms with van der Waals surface area (Å²) in [6.07, 6.45) is 0. The molecule has 0 amide bonds. The second-order valence-corrected chi connectivity index (χ2v) is 5.07. The molecule has 0 radical (unpaired) electrons. The third kappa shape index (κ3) is 1.42. The van der Waals surface area contributed by atoms with Crippen molar-refractivity contribution in [3.8, 4) is 0 Å². The summed E-state index contributed by atoms with van der Waals surface area (Å²) in [5.41, 5.74) is 0. The van der Waals surface area contributed by atoms with Gasteiger partial charge in [0.2, 0.25) is 0 Å². The Bertz CT molecular complexity index is 389. The molecule has 2 rings (SSSR count). The van der Waals surface area contributed by atoms with Crippen molar-refractivity contribution < 1.29 is 0 Å². The number of fused-ring (bicyclic) bond motifs is 1. The van der Waals surface area contributed by atoms with E-state index in [0.29, 0.717) is 0 Å². The zero-order valence-electron chi connectivity index (χ0n) is 6.10. The van der Waals surface area contributed by atoms with Gasteiger partial charge in [-0.2, -0.15) is 0 Å². The van der Waals surface area contributed by atoms with E-state index in [-0.39, 0.29) is 0 Å². The number of halogens is 1. The van der Waals surface area contributed by atoms with Crippen molar-refractivity contribution in [2.24, 2.45) is 0 Å². The fourth-order valence-corrected chi connectivity index (χ4v) is 2.57. The lowest BCUT2D eigenvalue weighted by Crippen LogP contribution is -1.66. The summed E-state index contributed by atoms with van der Waals surface area (Å²) in [7, 11) is 0. The summed E-state index contributed by atoms with van der Waals surface area (Å²) in [4.78, 5) is 1.39. The molecule has 0 aliphatic rings. The molecule has 1 heterocycles. The molecular formula is C9H7IS. The lowest BCUT2D eigenvalue weighted by molar-refractivity contribution is 1.65. The van der Waals surface area contributed by atoms with Gasteiger partial charge in [-0.25, -0.2) is 0 Å². The van der Waals surface area contributed by atoms with Crippen LogP contribution in [0.5, 0.6) is 0 Å². The van der Waals surface area contributed by atoms with Crippen molar-refractivity contribution in [1.82, 2.24) is 0 Å². The Morgan fingerprint density at radius 1 is 1.27 bits per heavy atom. The summed E-state index contributed by atoms with van der Waals surface area (Å²) in [6.45, 7) is 2.15. The second kappa shape index (κ2) is 2.75. The Kier molecular flexibility index (Phi) is 1.89. The van der Waals surface area contributed by atoms with Crippen LogP contribution in [0.4, 0.5) is 0 Å². The molecule has 0 bridgehead atoms. The summed E-state index contributed by atoms with van der Waals surface area (Å²) < 4.78 is 2.70. The molecule has 1 aromatic carbocycles. The predicted octanol–water partition coefficient (Wildman–Crippen LogP) is 3.81. The molecule has 1 aromatic heterocycles. The van der Waals surface area contributed by atoms with Gasteiger partial charge in [0.05, 0.1) is 0 Å². The van der Waals surface area contributed by atoms with E-state index in [1.807, 2.05) is 11.3 Å². The number of benzene rings is 1. The first kappa shape index (κ1) is 7.55. The Morgan fingerprint density at radius 2 is 2.09 bits per heavy atom. The minimum atomic E-state index is 1.31. The van der Waals surface area contributed by atoms with Crippen LogP contribution in [0.15, 0.2) is 24.3 Å². The molecule has 0 spiro atoms. The van der Waals surface area contributed by atoms with Crippen molar-refractivity contribution in [3.63, 3.8) is 0 Å². The van der Waals surface area contributed by atoms with Crippen molar-refractivity contribution in [2.75, 3.05) is 0 Å². The van der Waals surface area contributed by atoms with Crippen LogP contribution in [-0.2, 0) is 0 Å². The Labute approximate surface area is 83.4 Å². The highest BCUT2D eigenvalue weighted by Crippen LogP contribution is 2.25. The van der Waals surface area contributed by atoms with Crippen LogP contribution in [0.1, 0.15) is 4.88 Å². The molecule has 0 nitrogen and oxygen atoms in total. The lowest BCUT2D eigenvalue weighted by Gasteiger charge is -1.88. The van der Waals surface area contributed by atoms with Crippen LogP contribution in [0.25, 0.3) is 10.1 Å². The van der Waals surface area contributed by atoms with Gasteiger partial charge in [-0.1, -0.05) is 0 Å². The first-order valence-corrected chi connectivity index (χ1v) is 5.31. The SMILES string of the molecule is Cc1cc2cc(I)ccc2s1. The van der Waals surface area contributed by atoms with Crippen LogP contribution in [0, 0.1) is 10.5 Å². The van der Waals surface area contributed by atoms with E-state index < -0.39 is 0 Å². The molecule has 0 saturated heterocycles. The second-order valence-electron chi connectivity index (χ2n) is 2.54. The molecule has 0 N–H and O–H groups in total. The number of rotatable bonds is 0. The minimum Gasteiger partial charge on any atom is -0.141 e. The van der Waals surface area contributed by atoms with Gasteiger partial charge in [-0.3, -0.25) is 0 Å². The van der Waals surface area contributed by atoms with Crippen LogP contribution in [0.2, 0.25) is 0 Å². The summed E-state index contributed by atoms with van der Waals surface area (Å²) >= 11 is 4.20.